The van der Waals surface area contributed by atoms with E-state index >= 15 is 0 Å². The lowest BCUT2D eigenvalue weighted by molar-refractivity contribution is 0.0659. The molecule has 4 rings (SSSR count). The molecule has 8 heteroatoms. The highest BCUT2D eigenvalue weighted by Crippen LogP contribution is 2.27. The van der Waals surface area contributed by atoms with E-state index in [0.717, 1.165) is 48.1 Å². The third-order valence-corrected chi connectivity index (χ3v) is 6.63. The fraction of sp³-hybridized carbons (Fsp3) is 0.273. The van der Waals surface area contributed by atoms with Gasteiger partial charge in [0.05, 0.1) is 10.0 Å². The summed E-state index contributed by atoms with van der Waals surface area (Å²) in [5, 5.41) is 3.70. The number of rotatable bonds is 5. The van der Waals surface area contributed by atoms with E-state index in [0.29, 0.717) is 22.3 Å². The molecule has 1 aromatic heterocycles. The molecule has 1 saturated heterocycles. The number of carbonyl (C=O) groups excluding carboxylic acids is 1. The Kier molecular flexibility index (Phi) is 6.58. The molecule has 0 saturated carbocycles. The summed E-state index contributed by atoms with van der Waals surface area (Å²) in [5.74, 6) is 0.752. The fourth-order valence-electron chi connectivity index (χ4n) is 3.17. The molecular weight excluding hydrogens is 441 g/mol. The van der Waals surface area contributed by atoms with Gasteiger partial charge < -0.3 is 14.5 Å². The lowest BCUT2D eigenvalue weighted by Crippen LogP contribution is -2.47. The minimum atomic E-state index is 0.00665. The van der Waals surface area contributed by atoms with Crippen LogP contribution in [0.15, 0.2) is 47.8 Å². The maximum atomic E-state index is 12.7. The molecule has 0 spiro atoms. The normalized spacial score (nSPS) is 14.7. The number of amides is 1. The van der Waals surface area contributed by atoms with Crippen molar-refractivity contribution in [2.75, 3.05) is 33.2 Å². The number of carbonyl (C=O) groups is 1. The lowest BCUT2D eigenvalue weighted by Gasteiger charge is -2.31. The van der Waals surface area contributed by atoms with Gasteiger partial charge in [0.1, 0.15) is 23.1 Å². The molecule has 1 aliphatic heterocycles. The monoisotopic (exact) mass is 461 g/mol. The van der Waals surface area contributed by atoms with Gasteiger partial charge in [0, 0.05) is 37.1 Å². The van der Waals surface area contributed by atoms with Crippen LogP contribution >= 0.6 is 34.5 Å². The largest absolute Gasteiger partial charge is 0.489 e. The predicted octanol–water partition coefficient (Wildman–Crippen LogP) is 5.08. The van der Waals surface area contributed by atoms with Gasteiger partial charge in [-0.05, 0) is 49.0 Å². The second kappa shape index (κ2) is 9.35. The first kappa shape index (κ1) is 21.1. The summed E-state index contributed by atoms with van der Waals surface area (Å²) in [5.41, 5.74) is 2.42. The first-order chi connectivity index (χ1) is 14.5. The summed E-state index contributed by atoms with van der Waals surface area (Å²) in [4.78, 5) is 21.3. The van der Waals surface area contributed by atoms with E-state index in [1.165, 1.54) is 11.3 Å². The Hall–Kier alpha value is -2.12. The standard InChI is InChI=1S/C22H21Cl2N3O2S/c1-26-8-10-27(11-9-26)22(28)20-14-30-21(25-20)16-3-5-17(6-4-16)29-13-15-2-7-18(23)19(24)12-15/h2-7,12,14H,8-11,13H2,1H3. The smallest absolute Gasteiger partial charge is 0.273 e. The fourth-order valence-corrected chi connectivity index (χ4v) is 4.29. The van der Waals surface area contributed by atoms with Crippen molar-refractivity contribution < 1.29 is 9.53 Å². The van der Waals surface area contributed by atoms with Crippen LogP contribution in [0.3, 0.4) is 0 Å². The Morgan fingerprint density at radius 2 is 1.80 bits per heavy atom. The molecule has 30 heavy (non-hydrogen) atoms. The van der Waals surface area contributed by atoms with Crippen LogP contribution in [0.25, 0.3) is 10.6 Å². The average Bonchev–Trinajstić information content (AvgIpc) is 3.25. The Labute approximate surface area is 189 Å². The van der Waals surface area contributed by atoms with Gasteiger partial charge in [-0.1, -0.05) is 29.3 Å². The second-order valence-electron chi connectivity index (χ2n) is 7.19. The molecule has 1 aliphatic rings. The van der Waals surface area contributed by atoms with Gasteiger partial charge in [-0.25, -0.2) is 4.98 Å². The molecule has 2 heterocycles. The zero-order chi connectivity index (χ0) is 21.1. The highest BCUT2D eigenvalue weighted by Gasteiger charge is 2.22. The van der Waals surface area contributed by atoms with E-state index in [4.69, 9.17) is 27.9 Å². The number of nitrogens with zero attached hydrogens (tertiary/aromatic N) is 3. The zero-order valence-corrected chi connectivity index (χ0v) is 18.8. The first-order valence-corrected chi connectivity index (χ1v) is 11.2. The number of likely N-dealkylation sites (N-methyl/N-ethyl adjacent to an activating group) is 1. The van der Waals surface area contributed by atoms with Crippen LogP contribution in [-0.4, -0.2) is 53.9 Å². The van der Waals surface area contributed by atoms with E-state index in [2.05, 4.69) is 16.9 Å². The van der Waals surface area contributed by atoms with Gasteiger partial charge in [0.25, 0.3) is 5.91 Å². The summed E-state index contributed by atoms with van der Waals surface area (Å²) in [7, 11) is 2.07. The molecule has 0 bridgehead atoms. The summed E-state index contributed by atoms with van der Waals surface area (Å²) in [6, 6.07) is 13.1. The summed E-state index contributed by atoms with van der Waals surface area (Å²) >= 11 is 13.5. The molecule has 1 amide bonds. The van der Waals surface area contributed by atoms with Gasteiger partial charge in [-0.3, -0.25) is 4.79 Å². The summed E-state index contributed by atoms with van der Waals surface area (Å²) in [6.45, 7) is 3.68. The van der Waals surface area contributed by atoms with Crippen molar-refractivity contribution in [3.8, 4) is 16.3 Å². The van der Waals surface area contributed by atoms with Crippen LogP contribution < -0.4 is 4.74 Å². The highest BCUT2D eigenvalue weighted by molar-refractivity contribution is 7.13. The van der Waals surface area contributed by atoms with Crippen molar-refractivity contribution in [3.63, 3.8) is 0 Å². The molecule has 0 N–H and O–H groups in total. The number of benzene rings is 2. The van der Waals surface area contributed by atoms with Gasteiger partial charge in [-0.15, -0.1) is 11.3 Å². The Morgan fingerprint density at radius 3 is 2.50 bits per heavy atom. The van der Waals surface area contributed by atoms with Gasteiger partial charge in [0.15, 0.2) is 0 Å². The molecule has 5 nitrogen and oxygen atoms in total. The van der Waals surface area contributed by atoms with Crippen molar-refractivity contribution >= 4 is 40.4 Å². The number of hydrogen-bond donors (Lipinski definition) is 0. The Balaban J connectivity index is 1.38. The van der Waals surface area contributed by atoms with Crippen LogP contribution in [0.2, 0.25) is 10.0 Å². The van der Waals surface area contributed by atoms with Crippen molar-refractivity contribution in [2.45, 2.75) is 6.61 Å². The number of aromatic nitrogens is 1. The Bertz CT molecular complexity index is 1030. The van der Waals surface area contributed by atoms with Gasteiger partial charge >= 0.3 is 0 Å². The maximum Gasteiger partial charge on any atom is 0.273 e. The topological polar surface area (TPSA) is 45.7 Å². The van der Waals surface area contributed by atoms with Gasteiger partial charge in [-0.2, -0.15) is 0 Å². The van der Waals surface area contributed by atoms with Crippen LogP contribution in [0.1, 0.15) is 16.1 Å². The second-order valence-corrected chi connectivity index (χ2v) is 8.87. The number of piperazine rings is 1. The van der Waals surface area contributed by atoms with E-state index in [1.807, 2.05) is 40.6 Å². The van der Waals surface area contributed by atoms with Crippen LogP contribution in [0, 0.1) is 0 Å². The lowest BCUT2D eigenvalue weighted by atomic mass is 10.2. The first-order valence-electron chi connectivity index (χ1n) is 9.60. The average molecular weight is 462 g/mol. The summed E-state index contributed by atoms with van der Waals surface area (Å²) in [6.07, 6.45) is 0. The van der Waals surface area contributed by atoms with E-state index in [1.54, 1.807) is 12.1 Å². The van der Waals surface area contributed by atoms with E-state index in [9.17, 15) is 4.79 Å². The molecular formula is C22H21Cl2N3O2S. The van der Waals surface area contributed by atoms with Crippen molar-refractivity contribution in [1.29, 1.82) is 0 Å². The number of thiazole rings is 1. The molecule has 3 aromatic rings. The third kappa shape index (κ3) is 4.95. The molecule has 0 atom stereocenters. The maximum absolute atomic E-state index is 12.7. The summed E-state index contributed by atoms with van der Waals surface area (Å²) < 4.78 is 5.83. The number of ether oxygens (including phenoxy) is 1. The van der Waals surface area contributed by atoms with Crippen LogP contribution in [0.4, 0.5) is 0 Å². The molecule has 0 unspecified atom stereocenters. The van der Waals surface area contributed by atoms with E-state index in [-0.39, 0.29) is 5.91 Å². The molecule has 0 aliphatic carbocycles. The molecule has 1 fully saturated rings. The minimum Gasteiger partial charge on any atom is -0.489 e. The highest BCUT2D eigenvalue weighted by atomic mass is 35.5. The molecule has 2 aromatic carbocycles. The van der Waals surface area contributed by atoms with Crippen molar-refractivity contribution in [3.05, 3.63) is 69.1 Å². The van der Waals surface area contributed by atoms with Crippen LogP contribution in [-0.2, 0) is 6.61 Å². The minimum absolute atomic E-state index is 0.00665. The Morgan fingerprint density at radius 1 is 1.07 bits per heavy atom. The molecule has 156 valence electrons. The SMILES string of the molecule is CN1CCN(C(=O)c2csc(-c3ccc(OCc4ccc(Cl)c(Cl)c4)cc3)n2)CC1. The molecule has 0 radical (unpaired) electrons. The van der Waals surface area contributed by atoms with Gasteiger partial charge in [0.2, 0.25) is 0 Å². The zero-order valence-electron chi connectivity index (χ0n) is 16.5. The van der Waals surface area contributed by atoms with E-state index < -0.39 is 0 Å². The number of halogens is 2. The third-order valence-electron chi connectivity index (χ3n) is 5.00. The number of hydrogen-bond acceptors (Lipinski definition) is 5. The predicted molar refractivity (Wildman–Crippen MR) is 122 cm³/mol. The van der Waals surface area contributed by atoms with Crippen molar-refractivity contribution in [1.82, 2.24) is 14.8 Å². The van der Waals surface area contributed by atoms with Crippen molar-refractivity contribution in [2.24, 2.45) is 0 Å². The quantitative estimate of drug-likeness (QED) is 0.531. The van der Waals surface area contributed by atoms with Crippen LogP contribution in [0.5, 0.6) is 5.75 Å².